The molecule has 0 aliphatic rings. The second-order valence-corrected chi connectivity index (χ2v) is 5.55. The van der Waals surface area contributed by atoms with Gasteiger partial charge in [-0.05, 0) is 24.6 Å². The Balaban J connectivity index is 1.79. The minimum absolute atomic E-state index is 0.244. The van der Waals surface area contributed by atoms with Gasteiger partial charge in [0.05, 0.1) is 21.3 Å². The van der Waals surface area contributed by atoms with Crippen molar-refractivity contribution < 1.29 is 14.3 Å². The molecule has 0 bridgehead atoms. The number of aromatic nitrogens is 1. The number of benzene rings is 1. The van der Waals surface area contributed by atoms with E-state index < -0.39 is 5.97 Å². The largest absolute Gasteiger partial charge is 0.452 e. The number of nitrogens with one attached hydrogen (secondary N) is 1. The van der Waals surface area contributed by atoms with Crippen LogP contribution >= 0.6 is 11.3 Å². The van der Waals surface area contributed by atoms with Crippen LogP contribution in [0.2, 0.25) is 0 Å². The summed E-state index contributed by atoms with van der Waals surface area (Å²) in [6, 6.07) is 5.16. The first kappa shape index (κ1) is 15.4. The van der Waals surface area contributed by atoms with E-state index in [1.165, 1.54) is 11.3 Å². The van der Waals surface area contributed by atoms with E-state index in [1.54, 1.807) is 23.7 Å². The van der Waals surface area contributed by atoms with E-state index in [2.05, 4.69) is 17.2 Å². The molecule has 5 nitrogen and oxygen atoms in total. The summed E-state index contributed by atoms with van der Waals surface area (Å²) in [5.74, 6) is -0.757. The lowest BCUT2D eigenvalue weighted by Crippen LogP contribution is -2.29. The quantitative estimate of drug-likeness (QED) is 0.631. The Morgan fingerprint density at radius 2 is 2.19 bits per heavy atom. The molecule has 6 heteroatoms. The van der Waals surface area contributed by atoms with Crippen LogP contribution in [0.3, 0.4) is 0 Å². The lowest BCUT2D eigenvalue weighted by Gasteiger charge is -2.06. The van der Waals surface area contributed by atoms with Crippen molar-refractivity contribution in [3.63, 3.8) is 0 Å². The highest BCUT2D eigenvalue weighted by Gasteiger charge is 2.11. The predicted molar refractivity (Wildman–Crippen MR) is 82.4 cm³/mol. The summed E-state index contributed by atoms with van der Waals surface area (Å²) in [6.07, 6.45) is 3.12. The molecule has 0 aliphatic carbocycles. The van der Waals surface area contributed by atoms with Crippen LogP contribution in [-0.2, 0) is 9.53 Å². The SMILES string of the molecule is CCCCCNC(=O)COC(=O)c1ccc2ncsc2c1. The third-order valence-electron chi connectivity index (χ3n) is 3.00. The van der Waals surface area contributed by atoms with Crippen molar-refractivity contribution in [3.05, 3.63) is 29.3 Å². The number of nitrogens with zero attached hydrogens (tertiary/aromatic N) is 1. The molecule has 112 valence electrons. The van der Waals surface area contributed by atoms with E-state index >= 15 is 0 Å². The summed E-state index contributed by atoms with van der Waals surface area (Å²) in [5, 5.41) is 2.73. The number of amides is 1. The van der Waals surface area contributed by atoms with Gasteiger partial charge in [-0.1, -0.05) is 19.8 Å². The number of hydrogen-bond donors (Lipinski definition) is 1. The number of carbonyl (C=O) groups is 2. The Morgan fingerprint density at radius 3 is 3.00 bits per heavy atom. The molecule has 1 aromatic heterocycles. The number of hydrogen-bond acceptors (Lipinski definition) is 5. The van der Waals surface area contributed by atoms with Crippen molar-refractivity contribution in [2.24, 2.45) is 0 Å². The highest BCUT2D eigenvalue weighted by molar-refractivity contribution is 7.16. The molecule has 0 unspecified atom stereocenters. The van der Waals surface area contributed by atoms with Crippen molar-refractivity contribution in [2.45, 2.75) is 26.2 Å². The zero-order chi connectivity index (χ0) is 15.1. The smallest absolute Gasteiger partial charge is 0.338 e. The Hall–Kier alpha value is -1.95. The van der Waals surface area contributed by atoms with E-state index in [0.717, 1.165) is 29.5 Å². The number of rotatable bonds is 7. The van der Waals surface area contributed by atoms with Gasteiger partial charge in [-0.15, -0.1) is 11.3 Å². The molecular weight excluding hydrogens is 288 g/mol. The van der Waals surface area contributed by atoms with Gasteiger partial charge in [-0.3, -0.25) is 4.79 Å². The summed E-state index contributed by atoms with van der Waals surface area (Å²) in [5.41, 5.74) is 3.01. The number of ether oxygens (including phenoxy) is 1. The average Bonchev–Trinajstić information content (AvgIpc) is 2.96. The molecule has 0 saturated carbocycles. The van der Waals surface area contributed by atoms with Crippen molar-refractivity contribution in [1.29, 1.82) is 0 Å². The Morgan fingerprint density at radius 1 is 1.33 bits per heavy atom. The minimum atomic E-state index is -0.492. The number of unbranched alkanes of at least 4 members (excludes halogenated alkanes) is 2. The molecule has 2 rings (SSSR count). The van der Waals surface area contributed by atoms with E-state index in [9.17, 15) is 9.59 Å². The third-order valence-corrected chi connectivity index (χ3v) is 3.80. The second kappa shape index (κ2) is 7.73. The van der Waals surface area contributed by atoms with Gasteiger partial charge in [0, 0.05) is 6.54 Å². The first-order chi connectivity index (χ1) is 10.2. The maximum Gasteiger partial charge on any atom is 0.338 e. The van der Waals surface area contributed by atoms with Gasteiger partial charge in [0.2, 0.25) is 0 Å². The lowest BCUT2D eigenvalue weighted by atomic mass is 10.2. The number of esters is 1. The van der Waals surface area contributed by atoms with Gasteiger partial charge < -0.3 is 10.1 Å². The zero-order valence-corrected chi connectivity index (χ0v) is 12.7. The summed E-state index contributed by atoms with van der Waals surface area (Å²) < 4.78 is 5.93. The highest BCUT2D eigenvalue weighted by Crippen LogP contribution is 2.19. The maximum atomic E-state index is 11.9. The summed E-state index contributed by atoms with van der Waals surface area (Å²) in [4.78, 5) is 27.5. The minimum Gasteiger partial charge on any atom is -0.452 e. The Labute approximate surface area is 127 Å². The normalized spacial score (nSPS) is 10.5. The van der Waals surface area contributed by atoms with E-state index in [-0.39, 0.29) is 12.5 Å². The summed E-state index contributed by atoms with van der Waals surface area (Å²) >= 11 is 1.46. The van der Waals surface area contributed by atoms with E-state index in [1.807, 2.05) is 0 Å². The second-order valence-electron chi connectivity index (χ2n) is 4.67. The first-order valence-electron chi connectivity index (χ1n) is 6.97. The Bertz CT molecular complexity index is 624. The van der Waals surface area contributed by atoms with E-state index in [4.69, 9.17) is 4.74 Å². The molecule has 0 spiro atoms. The van der Waals surface area contributed by atoms with Gasteiger partial charge in [0.1, 0.15) is 0 Å². The van der Waals surface area contributed by atoms with Crippen LogP contribution in [0.15, 0.2) is 23.7 Å². The molecule has 1 aromatic carbocycles. The van der Waals surface area contributed by atoms with Crippen LogP contribution in [0.25, 0.3) is 10.2 Å². The maximum absolute atomic E-state index is 11.9. The third kappa shape index (κ3) is 4.53. The molecule has 1 amide bonds. The molecule has 2 aromatic rings. The van der Waals surface area contributed by atoms with Crippen LogP contribution in [0.5, 0.6) is 0 Å². The fraction of sp³-hybridized carbons (Fsp3) is 0.400. The van der Waals surface area contributed by atoms with Crippen molar-refractivity contribution >= 4 is 33.4 Å². The van der Waals surface area contributed by atoms with Crippen LogP contribution in [0.1, 0.15) is 36.5 Å². The molecule has 0 saturated heterocycles. The molecule has 0 radical (unpaired) electrons. The highest BCUT2D eigenvalue weighted by atomic mass is 32.1. The fourth-order valence-corrected chi connectivity index (χ4v) is 2.57. The molecule has 21 heavy (non-hydrogen) atoms. The first-order valence-corrected chi connectivity index (χ1v) is 7.85. The Kier molecular flexibility index (Phi) is 5.68. The topological polar surface area (TPSA) is 68.3 Å². The van der Waals surface area contributed by atoms with Gasteiger partial charge >= 0.3 is 5.97 Å². The van der Waals surface area contributed by atoms with Gasteiger partial charge in [-0.25, -0.2) is 9.78 Å². The van der Waals surface area contributed by atoms with Crippen molar-refractivity contribution in [3.8, 4) is 0 Å². The monoisotopic (exact) mass is 306 g/mol. The fourth-order valence-electron chi connectivity index (χ4n) is 1.85. The lowest BCUT2D eigenvalue weighted by molar-refractivity contribution is -0.124. The number of fused-ring (bicyclic) bond motifs is 1. The molecule has 0 atom stereocenters. The van der Waals surface area contributed by atoms with Crippen molar-refractivity contribution in [1.82, 2.24) is 10.3 Å². The molecule has 1 heterocycles. The van der Waals surface area contributed by atoms with Crippen LogP contribution in [0, 0.1) is 0 Å². The van der Waals surface area contributed by atoms with Gasteiger partial charge in [-0.2, -0.15) is 0 Å². The van der Waals surface area contributed by atoms with Crippen molar-refractivity contribution in [2.75, 3.05) is 13.2 Å². The summed E-state index contributed by atoms with van der Waals surface area (Å²) in [7, 11) is 0. The van der Waals surface area contributed by atoms with Gasteiger partial charge in [0.25, 0.3) is 5.91 Å². The molecule has 0 aliphatic heterocycles. The molecule has 1 N–H and O–H groups in total. The molecule has 0 fully saturated rings. The average molecular weight is 306 g/mol. The number of thiazole rings is 1. The zero-order valence-electron chi connectivity index (χ0n) is 11.9. The summed E-state index contributed by atoms with van der Waals surface area (Å²) in [6.45, 7) is 2.48. The van der Waals surface area contributed by atoms with Gasteiger partial charge in [0.15, 0.2) is 6.61 Å². The van der Waals surface area contributed by atoms with Crippen LogP contribution in [0.4, 0.5) is 0 Å². The predicted octanol–water partition coefficient (Wildman–Crippen LogP) is 2.76. The number of carbonyl (C=O) groups excluding carboxylic acids is 2. The van der Waals surface area contributed by atoms with Crippen LogP contribution in [-0.4, -0.2) is 30.0 Å². The molecular formula is C15H18N2O3S. The van der Waals surface area contributed by atoms with E-state index in [0.29, 0.717) is 12.1 Å². The van der Waals surface area contributed by atoms with Crippen LogP contribution < -0.4 is 5.32 Å². The standard InChI is InChI=1S/C15H18N2O3S/c1-2-3-4-7-16-14(18)9-20-15(19)11-5-6-12-13(8-11)21-10-17-12/h5-6,8,10H,2-4,7,9H2,1H3,(H,16,18).